The van der Waals surface area contributed by atoms with Gasteiger partial charge in [-0.1, -0.05) is 12.1 Å². The summed E-state index contributed by atoms with van der Waals surface area (Å²) >= 11 is 0. The van der Waals surface area contributed by atoms with Gasteiger partial charge in [0.1, 0.15) is 23.6 Å². The number of ether oxygens (including phenoxy) is 1. The Bertz CT molecular complexity index is 801. The predicted molar refractivity (Wildman–Crippen MR) is 89.1 cm³/mol. The lowest BCUT2D eigenvalue weighted by atomic mass is 10.3. The van der Waals surface area contributed by atoms with Crippen molar-refractivity contribution in [3.63, 3.8) is 0 Å². The summed E-state index contributed by atoms with van der Waals surface area (Å²) in [6.45, 7) is 3.79. The molecule has 7 nitrogen and oxygen atoms in total. The Hall–Kier alpha value is -2.67. The first-order chi connectivity index (χ1) is 11.8. The Morgan fingerprint density at radius 1 is 1.17 bits per heavy atom. The van der Waals surface area contributed by atoms with Crippen LogP contribution in [-0.2, 0) is 19.5 Å². The smallest absolute Gasteiger partial charge is 0.144 e. The highest BCUT2D eigenvalue weighted by Gasteiger charge is 2.16. The molecule has 0 saturated heterocycles. The molecule has 3 heterocycles. The molecule has 3 aromatic rings. The van der Waals surface area contributed by atoms with Crippen molar-refractivity contribution in [2.75, 3.05) is 20.2 Å². The van der Waals surface area contributed by atoms with E-state index in [-0.39, 0.29) is 0 Å². The fourth-order valence-electron chi connectivity index (χ4n) is 3.09. The maximum absolute atomic E-state index is 5.42. The molecule has 0 bridgehead atoms. The first-order valence-corrected chi connectivity index (χ1v) is 8.09. The van der Waals surface area contributed by atoms with Crippen LogP contribution in [0.5, 0.6) is 5.75 Å². The molecular weight excluding hydrogens is 304 g/mol. The maximum Gasteiger partial charge on any atom is 0.144 e. The molecule has 0 fully saturated rings. The van der Waals surface area contributed by atoms with E-state index in [1.54, 1.807) is 7.11 Å². The van der Waals surface area contributed by atoms with Crippen molar-refractivity contribution in [2.45, 2.75) is 19.5 Å². The third kappa shape index (κ3) is 2.90. The Kier molecular flexibility index (Phi) is 4.00. The zero-order chi connectivity index (χ0) is 16.4. The highest BCUT2D eigenvalue weighted by molar-refractivity contribution is 5.46. The monoisotopic (exact) mass is 324 g/mol. The van der Waals surface area contributed by atoms with Gasteiger partial charge in [-0.25, -0.2) is 4.68 Å². The molecular formula is C17H20N6O. The Balaban J connectivity index is 1.47. The third-order valence-corrected chi connectivity index (χ3v) is 4.38. The van der Waals surface area contributed by atoms with Crippen LogP contribution in [-0.4, -0.2) is 49.6 Å². The quantitative estimate of drug-likeness (QED) is 0.728. The second-order valence-corrected chi connectivity index (χ2v) is 5.93. The van der Waals surface area contributed by atoms with E-state index in [2.05, 4.69) is 31.0 Å². The number of hydrogen-bond acceptors (Lipinski definition) is 5. The molecule has 0 spiro atoms. The van der Waals surface area contributed by atoms with Gasteiger partial charge in [0.15, 0.2) is 0 Å². The predicted octanol–water partition coefficient (Wildman–Crippen LogP) is 1.53. The van der Waals surface area contributed by atoms with Crippen molar-refractivity contribution < 1.29 is 4.74 Å². The number of aromatic nitrogens is 5. The van der Waals surface area contributed by atoms with E-state index >= 15 is 0 Å². The largest absolute Gasteiger partial charge is 0.494 e. The first-order valence-electron chi connectivity index (χ1n) is 8.09. The molecule has 24 heavy (non-hydrogen) atoms. The van der Waals surface area contributed by atoms with Gasteiger partial charge in [-0.15, -0.1) is 10.2 Å². The molecule has 7 heteroatoms. The van der Waals surface area contributed by atoms with Gasteiger partial charge in [0, 0.05) is 44.4 Å². The SMILES string of the molecule is COc1ccccc1-n1cc(CN2CCc3nncn3CC2)cn1. The van der Waals surface area contributed by atoms with Crippen LogP contribution in [0.4, 0.5) is 0 Å². The lowest BCUT2D eigenvalue weighted by Gasteiger charge is -2.18. The van der Waals surface area contributed by atoms with Gasteiger partial charge in [-0.3, -0.25) is 4.90 Å². The molecule has 0 radical (unpaired) electrons. The number of rotatable bonds is 4. The van der Waals surface area contributed by atoms with E-state index in [0.717, 1.165) is 49.9 Å². The van der Waals surface area contributed by atoms with Crippen LogP contribution in [0.25, 0.3) is 5.69 Å². The molecule has 0 amide bonds. The minimum atomic E-state index is 0.819. The van der Waals surface area contributed by atoms with Gasteiger partial charge >= 0.3 is 0 Å². The standard InChI is InChI=1S/C17H20N6O/c1-24-16-5-3-2-4-15(16)23-12-14(10-19-23)11-21-7-6-17-20-18-13-22(17)9-8-21/h2-5,10,12-13H,6-9,11H2,1H3. The molecule has 2 aromatic heterocycles. The number of nitrogens with zero attached hydrogens (tertiary/aromatic N) is 6. The van der Waals surface area contributed by atoms with Crippen LogP contribution in [0.2, 0.25) is 0 Å². The van der Waals surface area contributed by atoms with Crippen molar-refractivity contribution in [3.05, 3.63) is 54.4 Å². The minimum absolute atomic E-state index is 0.819. The summed E-state index contributed by atoms with van der Waals surface area (Å²) in [5.74, 6) is 1.89. The Morgan fingerprint density at radius 2 is 2.08 bits per heavy atom. The summed E-state index contributed by atoms with van der Waals surface area (Å²) in [5.41, 5.74) is 2.15. The Morgan fingerprint density at radius 3 is 3.00 bits per heavy atom. The van der Waals surface area contributed by atoms with Gasteiger partial charge in [-0.2, -0.15) is 5.10 Å². The molecule has 0 unspecified atom stereocenters. The first kappa shape index (κ1) is 14.9. The van der Waals surface area contributed by atoms with E-state index < -0.39 is 0 Å². The molecule has 4 rings (SSSR count). The lowest BCUT2D eigenvalue weighted by molar-refractivity contribution is 0.271. The Labute approximate surface area is 140 Å². The van der Waals surface area contributed by atoms with Crippen LogP contribution in [0, 0.1) is 0 Å². The fraction of sp³-hybridized carbons (Fsp3) is 0.353. The van der Waals surface area contributed by atoms with Crippen LogP contribution >= 0.6 is 0 Å². The van der Waals surface area contributed by atoms with E-state index in [9.17, 15) is 0 Å². The second kappa shape index (κ2) is 6.45. The minimum Gasteiger partial charge on any atom is -0.494 e. The lowest BCUT2D eigenvalue weighted by Crippen LogP contribution is -2.26. The molecule has 124 valence electrons. The van der Waals surface area contributed by atoms with E-state index in [4.69, 9.17) is 4.74 Å². The van der Waals surface area contributed by atoms with Crippen LogP contribution in [0.15, 0.2) is 43.0 Å². The topological polar surface area (TPSA) is 61.0 Å². The normalized spacial score (nSPS) is 15.0. The summed E-state index contributed by atoms with van der Waals surface area (Å²) in [5, 5.41) is 12.6. The van der Waals surface area contributed by atoms with Crippen molar-refractivity contribution in [3.8, 4) is 11.4 Å². The highest BCUT2D eigenvalue weighted by atomic mass is 16.5. The molecule has 1 aliphatic heterocycles. The van der Waals surface area contributed by atoms with Gasteiger partial charge < -0.3 is 9.30 Å². The van der Waals surface area contributed by atoms with Crippen molar-refractivity contribution in [1.29, 1.82) is 0 Å². The van der Waals surface area contributed by atoms with Crippen molar-refractivity contribution in [2.24, 2.45) is 0 Å². The molecule has 0 saturated carbocycles. The third-order valence-electron chi connectivity index (χ3n) is 4.38. The van der Waals surface area contributed by atoms with Crippen LogP contribution < -0.4 is 4.74 Å². The number of para-hydroxylation sites is 2. The van der Waals surface area contributed by atoms with Gasteiger partial charge in [-0.05, 0) is 12.1 Å². The van der Waals surface area contributed by atoms with E-state index in [0.29, 0.717) is 0 Å². The average Bonchev–Trinajstić information content (AvgIpc) is 3.22. The van der Waals surface area contributed by atoms with Crippen LogP contribution in [0.1, 0.15) is 11.4 Å². The zero-order valence-electron chi connectivity index (χ0n) is 13.7. The number of benzene rings is 1. The van der Waals surface area contributed by atoms with Crippen molar-refractivity contribution in [1.82, 2.24) is 29.4 Å². The average molecular weight is 324 g/mol. The summed E-state index contributed by atoms with van der Waals surface area (Å²) < 4.78 is 9.43. The zero-order valence-corrected chi connectivity index (χ0v) is 13.7. The molecule has 0 aliphatic carbocycles. The molecule has 0 N–H and O–H groups in total. The van der Waals surface area contributed by atoms with Crippen LogP contribution in [0.3, 0.4) is 0 Å². The number of hydrogen-bond donors (Lipinski definition) is 0. The fourth-order valence-corrected chi connectivity index (χ4v) is 3.09. The summed E-state index contributed by atoms with van der Waals surface area (Å²) in [6.07, 6.45) is 6.75. The highest BCUT2D eigenvalue weighted by Crippen LogP contribution is 2.22. The summed E-state index contributed by atoms with van der Waals surface area (Å²) in [7, 11) is 1.68. The molecule has 1 aromatic carbocycles. The van der Waals surface area contributed by atoms with Gasteiger partial charge in [0.25, 0.3) is 0 Å². The van der Waals surface area contributed by atoms with E-state index in [1.165, 1.54) is 5.56 Å². The number of methoxy groups -OCH3 is 1. The van der Waals surface area contributed by atoms with Crippen molar-refractivity contribution >= 4 is 0 Å². The molecule has 1 aliphatic rings. The second-order valence-electron chi connectivity index (χ2n) is 5.93. The van der Waals surface area contributed by atoms with Gasteiger partial charge in [0.05, 0.1) is 13.3 Å². The number of fused-ring (bicyclic) bond motifs is 1. The maximum atomic E-state index is 5.42. The summed E-state index contributed by atoms with van der Waals surface area (Å²) in [4.78, 5) is 2.43. The van der Waals surface area contributed by atoms with Gasteiger partial charge in [0.2, 0.25) is 0 Å². The summed E-state index contributed by atoms with van der Waals surface area (Å²) in [6, 6.07) is 7.90. The van der Waals surface area contributed by atoms with E-state index in [1.807, 2.05) is 41.5 Å². The molecule has 0 atom stereocenters.